The number of aliphatic hydroxyl groups excluding tert-OH is 1. The number of thiophene rings is 1. The fourth-order valence-electron chi connectivity index (χ4n) is 2.34. The van der Waals surface area contributed by atoms with Gasteiger partial charge in [0.15, 0.2) is 5.69 Å². The first-order chi connectivity index (χ1) is 13.2. The van der Waals surface area contributed by atoms with Gasteiger partial charge in [0.2, 0.25) is 5.95 Å². The highest BCUT2D eigenvalue weighted by atomic mass is 32.1. The third-order valence-corrected chi connectivity index (χ3v) is 4.56. The number of alkyl halides is 3. The molecule has 1 amide bonds. The summed E-state index contributed by atoms with van der Waals surface area (Å²) in [5, 5.41) is 16.5. The molecule has 3 heterocycles. The Bertz CT molecular complexity index is 990. The van der Waals surface area contributed by atoms with E-state index in [1.807, 2.05) is 0 Å². The molecule has 0 fully saturated rings. The lowest BCUT2D eigenvalue weighted by Gasteiger charge is -2.11. The van der Waals surface area contributed by atoms with Gasteiger partial charge in [-0.25, -0.2) is 9.97 Å². The zero-order valence-electron chi connectivity index (χ0n) is 14.6. The summed E-state index contributed by atoms with van der Waals surface area (Å²) in [6.07, 6.45) is -3.14. The number of halogens is 3. The van der Waals surface area contributed by atoms with Gasteiger partial charge in [-0.05, 0) is 30.0 Å². The lowest BCUT2D eigenvalue weighted by Crippen LogP contribution is -2.31. The molecule has 3 rings (SSSR count). The fourth-order valence-corrected chi connectivity index (χ4v) is 3.16. The van der Waals surface area contributed by atoms with E-state index in [2.05, 4.69) is 25.6 Å². The van der Waals surface area contributed by atoms with Crippen LogP contribution in [0.3, 0.4) is 0 Å². The maximum absolute atomic E-state index is 12.8. The van der Waals surface area contributed by atoms with E-state index >= 15 is 0 Å². The van der Waals surface area contributed by atoms with Crippen molar-refractivity contribution in [1.29, 1.82) is 0 Å². The Balaban J connectivity index is 1.81. The van der Waals surface area contributed by atoms with Crippen molar-refractivity contribution in [3.8, 4) is 0 Å². The molecule has 0 saturated heterocycles. The molecule has 0 spiro atoms. The molecule has 3 aromatic rings. The maximum Gasteiger partial charge on any atom is 0.417 e. The molecule has 1 atom stereocenters. The van der Waals surface area contributed by atoms with Crippen LogP contribution in [0.25, 0.3) is 10.2 Å². The van der Waals surface area contributed by atoms with Gasteiger partial charge in [0, 0.05) is 25.5 Å². The Hall–Kier alpha value is -2.79. The summed E-state index contributed by atoms with van der Waals surface area (Å²) >= 11 is 1.29. The Kier molecular flexibility index (Phi) is 5.75. The Labute approximate surface area is 161 Å². The number of anilines is 1. The summed E-state index contributed by atoms with van der Waals surface area (Å²) in [6.45, 7) is 1.60. The topological polar surface area (TPSA) is 100 Å². The normalized spacial score (nSPS) is 12.8. The molecule has 28 heavy (non-hydrogen) atoms. The minimum Gasteiger partial charge on any atom is -0.392 e. The summed E-state index contributed by atoms with van der Waals surface area (Å²) in [5.74, 6) is -0.370. The number of hydrogen-bond donors (Lipinski definition) is 3. The van der Waals surface area contributed by atoms with E-state index < -0.39 is 23.8 Å². The summed E-state index contributed by atoms with van der Waals surface area (Å²) < 4.78 is 39.0. The Morgan fingerprint density at radius 3 is 2.82 bits per heavy atom. The average Bonchev–Trinajstić information content (AvgIpc) is 3.12. The number of carbonyl (C=O) groups excluding carboxylic acids is 1. The summed E-state index contributed by atoms with van der Waals surface area (Å²) in [5.41, 5.74) is 0.111. The molecule has 3 aromatic heterocycles. The first kappa shape index (κ1) is 20.0. The van der Waals surface area contributed by atoms with Crippen molar-refractivity contribution in [3.63, 3.8) is 0 Å². The van der Waals surface area contributed by atoms with Crippen molar-refractivity contribution in [2.75, 3.05) is 11.9 Å². The van der Waals surface area contributed by atoms with E-state index in [0.29, 0.717) is 15.8 Å². The highest BCUT2D eigenvalue weighted by molar-refractivity contribution is 7.17. The smallest absolute Gasteiger partial charge is 0.392 e. The number of aliphatic hydroxyl groups is 1. The van der Waals surface area contributed by atoms with Gasteiger partial charge in [0.1, 0.15) is 0 Å². The number of nitrogens with one attached hydrogen (secondary N) is 2. The number of fused-ring (bicyclic) bond motifs is 1. The van der Waals surface area contributed by atoms with Crippen LogP contribution in [-0.2, 0) is 12.7 Å². The summed E-state index contributed by atoms with van der Waals surface area (Å²) in [6, 6.07) is 2.70. The Morgan fingerprint density at radius 1 is 1.32 bits per heavy atom. The van der Waals surface area contributed by atoms with Crippen LogP contribution in [0, 0.1) is 0 Å². The number of rotatable bonds is 6. The van der Waals surface area contributed by atoms with Crippen molar-refractivity contribution in [2.24, 2.45) is 0 Å². The highest BCUT2D eigenvalue weighted by Gasteiger charge is 2.31. The van der Waals surface area contributed by atoms with Gasteiger partial charge in [0.05, 0.1) is 21.9 Å². The zero-order valence-corrected chi connectivity index (χ0v) is 15.4. The van der Waals surface area contributed by atoms with E-state index in [4.69, 9.17) is 0 Å². The Morgan fingerprint density at radius 2 is 2.11 bits per heavy atom. The minimum atomic E-state index is -4.48. The van der Waals surface area contributed by atoms with Crippen molar-refractivity contribution < 1.29 is 23.1 Å². The van der Waals surface area contributed by atoms with Crippen molar-refractivity contribution in [2.45, 2.75) is 25.7 Å². The van der Waals surface area contributed by atoms with E-state index in [0.717, 1.165) is 12.3 Å². The molecular formula is C17H16F3N5O2S. The molecule has 0 aromatic carbocycles. The lowest BCUT2D eigenvalue weighted by atomic mass is 10.2. The lowest BCUT2D eigenvalue weighted by molar-refractivity contribution is -0.137. The number of carbonyl (C=O) groups is 1. The molecule has 0 bridgehead atoms. The van der Waals surface area contributed by atoms with Gasteiger partial charge in [-0.3, -0.25) is 9.78 Å². The SMILES string of the molecule is C[C@@H](O)CNC(=O)c1nc(NCc2cncc(C(F)(F)F)c2)nc2ccsc12. The predicted octanol–water partition coefficient (Wildman–Crippen LogP) is 2.83. The highest BCUT2D eigenvalue weighted by Crippen LogP contribution is 2.29. The second-order valence-electron chi connectivity index (χ2n) is 6.02. The van der Waals surface area contributed by atoms with Crippen molar-refractivity contribution in [1.82, 2.24) is 20.3 Å². The van der Waals surface area contributed by atoms with Crippen LogP contribution in [0.5, 0.6) is 0 Å². The van der Waals surface area contributed by atoms with E-state index in [1.54, 1.807) is 11.4 Å². The third kappa shape index (κ3) is 4.73. The van der Waals surface area contributed by atoms with Crippen LogP contribution in [0.2, 0.25) is 0 Å². The largest absolute Gasteiger partial charge is 0.417 e. The third-order valence-electron chi connectivity index (χ3n) is 3.65. The molecule has 148 valence electrons. The fraction of sp³-hybridized carbons (Fsp3) is 0.294. The number of aromatic nitrogens is 3. The standard InChI is InChI=1S/C17H16F3N5O2S/c1-9(26)5-22-15(27)13-14-12(2-3-28-14)24-16(25-13)23-7-10-4-11(8-21-6-10)17(18,19)20/h2-4,6,8-9,26H,5,7H2,1H3,(H,22,27)(H,23,24,25)/t9-/m1/s1. The van der Waals surface area contributed by atoms with Gasteiger partial charge in [0.25, 0.3) is 5.91 Å². The van der Waals surface area contributed by atoms with Crippen LogP contribution in [0.15, 0.2) is 29.9 Å². The van der Waals surface area contributed by atoms with E-state index in [-0.39, 0.29) is 24.7 Å². The van der Waals surface area contributed by atoms with Crippen LogP contribution in [-0.4, -0.2) is 38.6 Å². The van der Waals surface area contributed by atoms with Gasteiger partial charge < -0.3 is 15.7 Å². The molecule has 11 heteroatoms. The molecule has 0 unspecified atom stereocenters. The second kappa shape index (κ2) is 8.07. The summed E-state index contributed by atoms with van der Waals surface area (Å²) in [4.78, 5) is 24.4. The molecule has 7 nitrogen and oxygen atoms in total. The van der Waals surface area contributed by atoms with Crippen LogP contribution >= 0.6 is 11.3 Å². The second-order valence-corrected chi connectivity index (χ2v) is 6.94. The van der Waals surface area contributed by atoms with Crippen LogP contribution in [0.4, 0.5) is 19.1 Å². The van der Waals surface area contributed by atoms with Crippen molar-refractivity contribution >= 4 is 33.4 Å². The van der Waals surface area contributed by atoms with Crippen molar-refractivity contribution in [3.05, 3.63) is 46.7 Å². The monoisotopic (exact) mass is 411 g/mol. The number of nitrogens with zero attached hydrogens (tertiary/aromatic N) is 3. The number of pyridine rings is 1. The van der Waals surface area contributed by atoms with E-state index in [1.165, 1.54) is 24.5 Å². The molecule has 0 saturated carbocycles. The van der Waals surface area contributed by atoms with E-state index in [9.17, 15) is 23.1 Å². The van der Waals surface area contributed by atoms with Crippen LogP contribution < -0.4 is 10.6 Å². The molecule has 0 radical (unpaired) electrons. The predicted molar refractivity (Wildman–Crippen MR) is 98.0 cm³/mol. The number of hydrogen-bond acceptors (Lipinski definition) is 7. The van der Waals surface area contributed by atoms with Crippen LogP contribution in [0.1, 0.15) is 28.5 Å². The summed E-state index contributed by atoms with van der Waals surface area (Å²) in [7, 11) is 0. The quantitative estimate of drug-likeness (QED) is 0.577. The van der Waals surface area contributed by atoms with Gasteiger partial charge >= 0.3 is 6.18 Å². The molecule has 0 aliphatic carbocycles. The van der Waals surface area contributed by atoms with Gasteiger partial charge in [-0.15, -0.1) is 11.3 Å². The first-order valence-electron chi connectivity index (χ1n) is 8.20. The maximum atomic E-state index is 12.8. The average molecular weight is 411 g/mol. The van der Waals surface area contributed by atoms with Gasteiger partial charge in [-0.1, -0.05) is 0 Å². The molecule has 3 N–H and O–H groups in total. The first-order valence-corrected chi connectivity index (χ1v) is 9.08. The zero-order chi connectivity index (χ0) is 20.3. The molecule has 0 aliphatic rings. The molecular weight excluding hydrogens is 395 g/mol. The van der Waals surface area contributed by atoms with Gasteiger partial charge in [-0.2, -0.15) is 13.2 Å². The number of amides is 1. The minimum absolute atomic E-state index is 0.00129. The molecule has 0 aliphatic heterocycles.